The van der Waals surface area contributed by atoms with Crippen LogP contribution in [0.4, 0.5) is 18.9 Å². The first-order valence-corrected chi connectivity index (χ1v) is 6.71. The number of amides is 1. The second-order valence-corrected chi connectivity index (χ2v) is 5.14. The Morgan fingerprint density at radius 2 is 2.05 bits per heavy atom. The number of carbonyl (C=O) groups excluding carboxylic acids is 1. The van der Waals surface area contributed by atoms with E-state index in [1.165, 1.54) is 28.0 Å². The number of para-hydroxylation sites is 1. The number of hydrogen-bond acceptors (Lipinski definition) is 3. The maximum Gasteiger partial charge on any atom is 0.395 e. The van der Waals surface area contributed by atoms with Crippen LogP contribution in [0.1, 0.15) is 28.5 Å². The van der Waals surface area contributed by atoms with Gasteiger partial charge >= 0.3 is 6.18 Å². The molecule has 2 aromatic rings. The summed E-state index contributed by atoms with van der Waals surface area (Å²) >= 11 is 0. The summed E-state index contributed by atoms with van der Waals surface area (Å²) in [5.74, 6) is -2.07. The lowest BCUT2D eigenvalue weighted by atomic mass is 9.89. The van der Waals surface area contributed by atoms with E-state index in [-0.39, 0.29) is 30.0 Å². The molecular formula is C14H13F3N4O. The van der Waals surface area contributed by atoms with Crippen LogP contribution < -0.4 is 4.90 Å². The van der Waals surface area contributed by atoms with E-state index in [4.69, 9.17) is 0 Å². The van der Waals surface area contributed by atoms with Gasteiger partial charge in [-0.3, -0.25) is 9.48 Å². The molecule has 1 aliphatic rings. The molecule has 0 aliphatic carbocycles. The number of halogens is 3. The first-order chi connectivity index (χ1) is 10.4. The third-order valence-electron chi connectivity index (χ3n) is 3.68. The largest absolute Gasteiger partial charge is 0.395 e. The smallest absolute Gasteiger partial charge is 0.305 e. The molecule has 116 valence electrons. The van der Waals surface area contributed by atoms with Crippen molar-refractivity contribution >= 4 is 11.6 Å². The number of rotatable bonds is 1. The number of aryl methyl sites for hydroxylation is 1. The molecule has 1 aromatic carbocycles. The van der Waals surface area contributed by atoms with Crippen molar-refractivity contribution in [2.75, 3.05) is 11.4 Å². The maximum atomic E-state index is 13.1. The summed E-state index contributed by atoms with van der Waals surface area (Å²) in [6.07, 6.45) is -3.12. The van der Waals surface area contributed by atoms with Gasteiger partial charge < -0.3 is 4.90 Å². The standard InChI is InChI=1S/C14H13F3N4O/c1-20-8-18-12(19-20)13(22)21-7-6-10(14(15,16)17)9-4-2-3-5-11(9)21/h2-5,8,10H,6-7H2,1H3. The molecule has 0 spiro atoms. The molecule has 1 aromatic heterocycles. The van der Waals surface area contributed by atoms with E-state index < -0.39 is 18.0 Å². The lowest BCUT2D eigenvalue weighted by molar-refractivity contribution is -0.152. The second kappa shape index (κ2) is 5.11. The molecule has 1 aliphatic heterocycles. The molecule has 8 heteroatoms. The average molecular weight is 310 g/mol. The van der Waals surface area contributed by atoms with Gasteiger partial charge in [-0.25, -0.2) is 4.98 Å². The zero-order valence-electron chi connectivity index (χ0n) is 11.7. The van der Waals surface area contributed by atoms with Crippen LogP contribution in [0.25, 0.3) is 0 Å². The van der Waals surface area contributed by atoms with E-state index in [2.05, 4.69) is 10.1 Å². The highest BCUT2D eigenvalue weighted by molar-refractivity contribution is 6.04. The molecule has 2 heterocycles. The van der Waals surface area contributed by atoms with E-state index >= 15 is 0 Å². The summed E-state index contributed by atoms with van der Waals surface area (Å²) in [6, 6.07) is 6.10. The van der Waals surface area contributed by atoms with Crippen LogP contribution in [0.15, 0.2) is 30.6 Å². The monoisotopic (exact) mass is 310 g/mol. The van der Waals surface area contributed by atoms with Crippen molar-refractivity contribution in [3.05, 3.63) is 42.0 Å². The zero-order valence-corrected chi connectivity index (χ0v) is 11.7. The molecule has 22 heavy (non-hydrogen) atoms. The van der Waals surface area contributed by atoms with Gasteiger partial charge in [0.1, 0.15) is 6.33 Å². The summed E-state index contributed by atoms with van der Waals surface area (Å²) in [6.45, 7) is -0.0156. The van der Waals surface area contributed by atoms with Crippen LogP contribution in [0.3, 0.4) is 0 Å². The lowest BCUT2D eigenvalue weighted by Gasteiger charge is -2.34. The number of hydrogen-bond donors (Lipinski definition) is 0. The van der Waals surface area contributed by atoms with Crippen molar-refractivity contribution in [2.45, 2.75) is 18.5 Å². The minimum absolute atomic E-state index is 0.0156. The Labute approximate surface area is 124 Å². The van der Waals surface area contributed by atoms with E-state index in [0.717, 1.165) is 0 Å². The Kier molecular flexibility index (Phi) is 3.38. The predicted octanol–water partition coefficient (Wildman–Crippen LogP) is 2.51. The van der Waals surface area contributed by atoms with E-state index in [1.807, 2.05) is 0 Å². The minimum atomic E-state index is -4.32. The van der Waals surface area contributed by atoms with Gasteiger partial charge in [0.2, 0.25) is 5.82 Å². The summed E-state index contributed by atoms with van der Waals surface area (Å²) in [5.41, 5.74) is 0.388. The molecule has 0 saturated heterocycles. The summed E-state index contributed by atoms with van der Waals surface area (Å²) < 4.78 is 40.8. The second-order valence-electron chi connectivity index (χ2n) is 5.14. The van der Waals surface area contributed by atoms with Crippen molar-refractivity contribution < 1.29 is 18.0 Å². The van der Waals surface area contributed by atoms with Crippen LogP contribution in [-0.4, -0.2) is 33.4 Å². The van der Waals surface area contributed by atoms with Crippen molar-refractivity contribution in [2.24, 2.45) is 7.05 Å². The van der Waals surface area contributed by atoms with E-state index in [0.29, 0.717) is 0 Å². The first-order valence-electron chi connectivity index (χ1n) is 6.71. The molecule has 3 rings (SSSR count). The highest BCUT2D eigenvalue weighted by Crippen LogP contribution is 2.44. The van der Waals surface area contributed by atoms with Gasteiger partial charge in [-0.05, 0) is 18.1 Å². The SMILES string of the molecule is Cn1cnc(C(=O)N2CCC(C(F)(F)F)c3ccccc32)n1. The number of carbonyl (C=O) groups is 1. The number of alkyl halides is 3. The molecule has 5 nitrogen and oxygen atoms in total. The molecular weight excluding hydrogens is 297 g/mol. The number of benzene rings is 1. The number of nitrogens with zero attached hydrogens (tertiary/aromatic N) is 4. The van der Waals surface area contributed by atoms with Gasteiger partial charge in [0, 0.05) is 19.3 Å². The first kappa shape index (κ1) is 14.6. The Balaban J connectivity index is 2.00. The molecule has 0 N–H and O–H groups in total. The molecule has 0 saturated carbocycles. The van der Waals surface area contributed by atoms with Gasteiger partial charge in [-0.15, -0.1) is 5.10 Å². The molecule has 0 radical (unpaired) electrons. The quantitative estimate of drug-likeness (QED) is 0.813. The van der Waals surface area contributed by atoms with E-state index in [9.17, 15) is 18.0 Å². The van der Waals surface area contributed by atoms with Crippen molar-refractivity contribution in [3.8, 4) is 0 Å². The zero-order chi connectivity index (χ0) is 15.9. The maximum absolute atomic E-state index is 13.1. The van der Waals surface area contributed by atoms with Crippen LogP contribution in [-0.2, 0) is 7.05 Å². The molecule has 0 fully saturated rings. The third kappa shape index (κ3) is 2.44. The van der Waals surface area contributed by atoms with Crippen molar-refractivity contribution in [3.63, 3.8) is 0 Å². The Bertz CT molecular complexity index is 710. The fourth-order valence-electron chi connectivity index (χ4n) is 2.67. The van der Waals surface area contributed by atoms with E-state index in [1.54, 1.807) is 19.2 Å². The summed E-state index contributed by atoms with van der Waals surface area (Å²) in [5, 5.41) is 3.92. The van der Waals surface area contributed by atoms with Gasteiger partial charge in [0.15, 0.2) is 0 Å². The average Bonchev–Trinajstić information content (AvgIpc) is 2.91. The van der Waals surface area contributed by atoms with Gasteiger partial charge in [-0.2, -0.15) is 13.2 Å². The Morgan fingerprint density at radius 3 is 2.68 bits per heavy atom. The van der Waals surface area contributed by atoms with Gasteiger partial charge in [0.05, 0.1) is 5.92 Å². The number of fused-ring (bicyclic) bond motifs is 1. The highest BCUT2D eigenvalue weighted by atomic mass is 19.4. The van der Waals surface area contributed by atoms with Crippen LogP contribution in [0.5, 0.6) is 0 Å². The fraction of sp³-hybridized carbons (Fsp3) is 0.357. The Morgan fingerprint density at radius 1 is 1.32 bits per heavy atom. The third-order valence-corrected chi connectivity index (χ3v) is 3.68. The fourth-order valence-corrected chi connectivity index (χ4v) is 2.67. The molecule has 1 unspecified atom stereocenters. The number of aromatic nitrogens is 3. The number of anilines is 1. The summed E-state index contributed by atoms with van der Waals surface area (Å²) in [7, 11) is 1.62. The highest BCUT2D eigenvalue weighted by Gasteiger charge is 2.45. The van der Waals surface area contributed by atoms with Crippen LogP contribution >= 0.6 is 0 Å². The topological polar surface area (TPSA) is 51.0 Å². The van der Waals surface area contributed by atoms with Gasteiger partial charge in [0.25, 0.3) is 5.91 Å². The van der Waals surface area contributed by atoms with Gasteiger partial charge in [-0.1, -0.05) is 18.2 Å². The lowest BCUT2D eigenvalue weighted by Crippen LogP contribution is -2.40. The minimum Gasteiger partial charge on any atom is -0.305 e. The van der Waals surface area contributed by atoms with Crippen LogP contribution in [0, 0.1) is 0 Å². The molecule has 1 amide bonds. The van der Waals surface area contributed by atoms with Crippen LogP contribution in [0.2, 0.25) is 0 Å². The van der Waals surface area contributed by atoms with Crippen molar-refractivity contribution in [1.82, 2.24) is 14.8 Å². The molecule has 1 atom stereocenters. The predicted molar refractivity (Wildman–Crippen MR) is 72.5 cm³/mol. The Hall–Kier alpha value is -2.38. The summed E-state index contributed by atoms with van der Waals surface area (Å²) in [4.78, 5) is 17.6. The molecule has 0 bridgehead atoms. The normalized spacial score (nSPS) is 18.2. The van der Waals surface area contributed by atoms with Crippen molar-refractivity contribution in [1.29, 1.82) is 0 Å².